The number of benzene rings is 3. The number of anilines is 1. The molecule has 0 fully saturated rings. The highest BCUT2D eigenvalue weighted by atomic mass is 32.2. The summed E-state index contributed by atoms with van der Waals surface area (Å²) in [6.07, 6.45) is 1.12. The van der Waals surface area contributed by atoms with Gasteiger partial charge in [-0.05, 0) is 42.7 Å². The predicted octanol–water partition coefficient (Wildman–Crippen LogP) is 4.55. The molecule has 0 radical (unpaired) electrons. The first-order valence-electron chi connectivity index (χ1n) is 13.5. The third kappa shape index (κ3) is 6.33. The summed E-state index contributed by atoms with van der Waals surface area (Å²) in [6, 6.07) is 23.6. The van der Waals surface area contributed by atoms with Crippen LogP contribution in [-0.2, 0) is 20.8 Å². The number of nitrogens with zero attached hydrogens (tertiary/aromatic N) is 3. The van der Waals surface area contributed by atoms with Crippen molar-refractivity contribution in [2.24, 2.45) is 9.98 Å². The van der Waals surface area contributed by atoms with Crippen molar-refractivity contribution in [1.82, 2.24) is 10.2 Å². The highest BCUT2D eigenvalue weighted by Crippen LogP contribution is 2.36. The lowest BCUT2D eigenvalue weighted by atomic mass is 10.1. The number of thioether (sulfide) groups is 1. The number of nitrogens with one attached hydrogen (secondary N) is 2. The molecule has 2 aliphatic heterocycles. The van der Waals surface area contributed by atoms with Gasteiger partial charge < -0.3 is 15.4 Å². The second-order valence-electron chi connectivity index (χ2n) is 9.55. The van der Waals surface area contributed by atoms with E-state index in [0.717, 1.165) is 5.56 Å². The number of hydrogen-bond acceptors (Lipinski definition) is 7. The molecule has 2 heterocycles. The van der Waals surface area contributed by atoms with Crippen molar-refractivity contribution in [3.63, 3.8) is 0 Å². The molecule has 0 saturated carbocycles. The van der Waals surface area contributed by atoms with E-state index in [-0.39, 0.29) is 24.1 Å². The molecule has 210 valence electrons. The average Bonchev–Trinajstić information content (AvgIpc) is 3.32. The lowest BCUT2D eigenvalue weighted by Crippen LogP contribution is -2.43. The number of carbonyl (C=O) groups excluding carboxylic acids is 3. The maximum absolute atomic E-state index is 13.6. The number of hydrogen-bond donors (Lipinski definition) is 2. The Kier molecular flexibility index (Phi) is 8.79. The minimum atomic E-state index is -0.874. The Morgan fingerprint density at radius 1 is 1.02 bits per heavy atom. The van der Waals surface area contributed by atoms with Crippen LogP contribution in [0.15, 0.2) is 88.8 Å². The molecule has 2 atom stereocenters. The highest BCUT2D eigenvalue weighted by Gasteiger charge is 2.43. The molecule has 3 aromatic carbocycles. The summed E-state index contributed by atoms with van der Waals surface area (Å²) in [5.74, 6) is 0.191. The fourth-order valence-electron chi connectivity index (χ4n) is 4.66. The van der Waals surface area contributed by atoms with Gasteiger partial charge in [-0.2, -0.15) is 0 Å². The van der Waals surface area contributed by atoms with Crippen LogP contribution in [0.1, 0.15) is 30.9 Å². The summed E-state index contributed by atoms with van der Waals surface area (Å²) >= 11 is 1.20. The van der Waals surface area contributed by atoms with E-state index in [2.05, 4.69) is 15.6 Å². The SMILES string of the molecule is CC[C@@H](SC1=Nc2ccccc2C2=N[C@@H](CC(=O)NCCc3ccccc3)C(=O)N12)C(=O)Nc1ccccc1OC. The van der Waals surface area contributed by atoms with Gasteiger partial charge in [-0.1, -0.05) is 73.3 Å². The number of methoxy groups -OCH3 is 1. The molecule has 0 spiro atoms. The van der Waals surface area contributed by atoms with Crippen LogP contribution in [0.2, 0.25) is 0 Å². The molecule has 2 aliphatic rings. The van der Waals surface area contributed by atoms with Crippen LogP contribution in [0.25, 0.3) is 0 Å². The fourth-order valence-corrected chi connectivity index (χ4v) is 5.68. The maximum atomic E-state index is 13.6. The predicted molar refractivity (Wildman–Crippen MR) is 162 cm³/mol. The Morgan fingerprint density at radius 3 is 2.54 bits per heavy atom. The van der Waals surface area contributed by atoms with Gasteiger partial charge in [0.1, 0.15) is 17.6 Å². The first-order valence-corrected chi connectivity index (χ1v) is 14.4. The molecule has 41 heavy (non-hydrogen) atoms. The molecule has 0 unspecified atom stereocenters. The van der Waals surface area contributed by atoms with Crippen molar-refractivity contribution in [2.75, 3.05) is 19.0 Å². The quantitative estimate of drug-likeness (QED) is 0.372. The normalized spacial score (nSPS) is 16.2. The number of ether oxygens (including phenoxy) is 1. The standard InChI is InChI=1S/C31H31N5O4S/c1-3-26(29(38)34-23-15-9-10-16-25(23)40-2)41-31-35-22-14-8-7-13-21(22)28-33-24(30(39)36(28)31)19-27(37)32-18-17-20-11-5-4-6-12-20/h4-16,24,26H,3,17-19H2,1-2H3,(H,32,37)(H,34,38)/t24-,26+/m0/s1. The van der Waals surface area contributed by atoms with E-state index in [1.165, 1.54) is 16.7 Å². The van der Waals surface area contributed by atoms with E-state index >= 15 is 0 Å². The van der Waals surface area contributed by atoms with Crippen LogP contribution >= 0.6 is 11.8 Å². The van der Waals surface area contributed by atoms with Crippen LogP contribution in [-0.4, -0.2) is 58.6 Å². The Bertz CT molecular complexity index is 1510. The van der Waals surface area contributed by atoms with Crippen LogP contribution in [0.3, 0.4) is 0 Å². The molecule has 2 N–H and O–H groups in total. The number of para-hydroxylation sites is 3. The maximum Gasteiger partial charge on any atom is 0.259 e. The number of amides is 3. The van der Waals surface area contributed by atoms with E-state index in [4.69, 9.17) is 9.73 Å². The van der Waals surface area contributed by atoms with Crippen LogP contribution in [0, 0.1) is 0 Å². The van der Waals surface area contributed by atoms with Crippen LogP contribution in [0.5, 0.6) is 5.75 Å². The summed E-state index contributed by atoms with van der Waals surface area (Å²) in [7, 11) is 1.55. The van der Waals surface area contributed by atoms with Gasteiger partial charge in [0.05, 0.1) is 30.2 Å². The first-order chi connectivity index (χ1) is 20.0. The van der Waals surface area contributed by atoms with Gasteiger partial charge in [0.25, 0.3) is 5.91 Å². The van der Waals surface area contributed by atoms with E-state index in [0.29, 0.717) is 53.1 Å². The Labute approximate surface area is 243 Å². The van der Waals surface area contributed by atoms with Gasteiger partial charge in [0.15, 0.2) is 5.17 Å². The largest absolute Gasteiger partial charge is 0.495 e. The van der Waals surface area contributed by atoms with Gasteiger partial charge in [0, 0.05) is 12.1 Å². The smallest absolute Gasteiger partial charge is 0.259 e. The number of amidine groups is 2. The van der Waals surface area contributed by atoms with Gasteiger partial charge >= 0.3 is 0 Å². The van der Waals surface area contributed by atoms with E-state index in [1.807, 2.05) is 73.7 Å². The molecule has 3 aromatic rings. The molecule has 9 nitrogen and oxygen atoms in total. The zero-order chi connectivity index (χ0) is 28.8. The van der Waals surface area contributed by atoms with E-state index in [1.54, 1.807) is 19.2 Å². The lowest BCUT2D eigenvalue weighted by molar-refractivity contribution is -0.128. The number of carbonyl (C=O) groups is 3. The summed E-state index contributed by atoms with van der Waals surface area (Å²) in [5.41, 5.74) is 3.05. The average molecular weight is 570 g/mol. The van der Waals surface area contributed by atoms with Crippen molar-refractivity contribution >= 4 is 51.9 Å². The van der Waals surface area contributed by atoms with Crippen LogP contribution in [0.4, 0.5) is 11.4 Å². The molecule has 10 heteroatoms. The third-order valence-corrected chi connectivity index (χ3v) is 8.10. The van der Waals surface area contributed by atoms with Crippen molar-refractivity contribution in [3.05, 3.63) is 90.0 Å². The zero-order valence-electron chi connectivity index (χ0n) is 22.9. The van der Waals surface area contributed by atoms with Gasteiger partial charge in [-0.25, -0.2) is 9.89 Å². The summed E-state index contributed by atoms with van der Waals surface area (Å²) in [4.78, 5) is 50.5. The monoisotopic (exact) mass is 569 g/mol. The minimum absolute atomic E-state index is 0.0702. The molecular formula is C31H31N5O4S. The van der Waals surface area contributed by atoms with Gasteiger partial charge in [-0.3, -0.25) is 19.4 Å². The molecule has 0 aromatic heterocycles. The highest BCUT2D eigenvalue weighted by molar-refractivity contribution is 8.15. The Hall–Kier alpha value is -4.44. The molecule has 5 rings (SSSR count). The van der Waals surface area contributed by atoms with Crippen molar-refractivity contribution in [3.8, 4) is 5.75 Å². The first kappa shape index (κ1) is 28.1. The number of fused-ring (bicyclic) bond motifs is 3. The Morgan fingerprint density at radius 2 is 1.76 bits per heavy atom. The Balaban J connectivity index is 1.31. The van der Waals surface area contributed by atoms with Gasteiger partial charge in [-0.15, -0.1) is 0 Å². The number of rotatable bonds is 10. The van der Waals surface area contributed by atoms with Crippen molar-refractivity contribution < 1.29 is 19.1 Å². The summed E-state index contributed by atoms with van der Waals surface area (Å²) < 4.78 is 5.36. The molecule has 0 aliphatic carbocycles. The molecular weight excluding hydrogens is 538 g/mol. The molecule has 0 bridgehead atoms. The summed E-state index contributed by atoms with van der Waals surface area (Å²) in [5, 5.41) is 5.65. The van der Waals surface area contributed by atoms with Gasteiger partial charge in [0.2, 0.25) is 11.8 Å². The van der Waals surface area contributed by atoms with Crippen molar-refractivity contribution in [1.29, 1.82) is 0 Å². The topological polar surface area (TPSA) is 112 Å². The molecule has 3 amide bonds. The van der Waals surface area contributed by atoms with Crippen LogP contribution < -0.4 is 15.4 Å². The van der Waals surface area contributed by atoms with E-state index in [9.17, 15) is 14.4 Å². The lowest BCUT2D eigenvalue weighted by Gasteiger charge is -2.27. The third-order valence-electron chi connectivity index (χ3n) is 6.78. The molecule has 0 saturated heterocycles. The van der Waals surface area contributed by atoms with E-state index < -0.39 is 11.3 Å². The second kappa shape index (κ2) is 12.8. The number of aliphatic imine (C=N–C) groups is 2. The summed E-state index contributed by atoms with van der Waals surface area (Å²) in [6.45, 7) is 2.37. The second-order valence-corrected chi connectivity index (χ2v) is 10.7. The minimum Gasteiger partial charge on any atom is -0.495 e. The van der Waals surface area contributed by atoms with Crippen molar-refractivity contribution in [2.45, 2.75) is 37.5 Å². The zero-order valence-corrected chi connectivity index (χ0v) is 23.7. The fraction of sp³-hybridized carbons (Fsp3) is 0.258.